The van der Waals surface area contributed by atoms with E-state index in [1.54, 1.807) is 6.07 Å². The minimum Gasteiger partial charge on any atom is -0.484 e. The Bertz CT molecular complexity index is 1030. The van der Waals surface area contributed by atoms with Gasteiger partial charge >= 0.3 is 0 Å². The van der Waals surface area contributed by atoms with Gasteiger partial charge in [0.25, 0.3) is 5.91 Å². The van der Waals surface area contributed by atoms with E-state index in [9.17, 15) is 4.79 Å². The molecule has 0 unspecified atom stereocenters. The standard InChI is InChI=1S/C23H29N5O2/c1-3-25-23(28-13-17-7-5-8-19(12-17)30-15-21(24)29)26-11-10-18-14-27-20-9-4-6-16(2)22(18)20/h4-9,12,14,27H,3,10-11,13,15H2,1-2H3,(H2,24,29)(H2,25,26,28). The van der Waals surface area contributed by atoms with Crippen molar-refractivity contribution in [3.63, 3.8) is 0 Å². The Kier molecular flexibility index (Phi) is 7.32. The van der Waals surface area contributed by atoms with Crippen LogP contribution in [0.4, 0.5) is 0 Å². The number of aryl methyl sites for hydroxylation is 1. The van der Waals surface area contributed by atoms with Crippen molar-refractivity contribution in [2.45, 2.75) is 26.8 Å². The van der Waals surface area contributed by atoms with Crippen molar-refractivity contribution in [3.05, 3.63) is 65.4 Å². The molecule has 0 saturated heterocycles. The van der Waals surface area contributed by atoms with Crippen LogP contribution in [0, 0.1) is 6.92 Å². The molecule has 5 N–H and O–H groups in total. The number of rotatable bonds is 9. The number of guanidine groups is 1. The van der Waals surface area contributed by atoms with E-state index in [0.29, 0.717) is 12.3 Å². The number of carbonyl (C=O) groups is 1. The topological polar surface area (TPSA) is 105 Å². The molecule has 1 heterocycles. The number of nitrogens with two attached hydrogens (primary N) is 1. The number of aliphatic imine (C=N–C) groups is 1. The van der Waals surface area contributed by atoms with Gasteiger partial charge in [-0.05, 0) is 55.2 Å². The lowest BCUT2D eigenvalue weighted by Gasteiger charge is -2.12. The van der Waals surface area contributed by atoms with E-state index in [0.717, 1.165) is 31.0 Å². The largest absolute Gasteiger partial charge is 0.484 e. The van der Waals surface area contributed by atoms with Gasteiger partial charge in [-0.3, -0.25) is 4.79 Å². The zero-order valence-electron chi connectivity index (χ0n) is 17.5. The zero-order chi connectivity index (χ0) is 21.3. The average molecular weight is 408 g/mol. The summed E-state index contributed by atoms with van der Waals surface area (Å²) in [6, 6.07) is 13.8. The molecule has 0 spiro atoms. The molecule has 1 amide bonds. The van der Waals surface area contributed by atoms with E-state index >= 15 is 0 Å². The molecule has 0 aliphatic rings. The van der Waals surface area contributed by atoms with E-state index in [2.05, 4.69) is 51.9 Å². The molecular formula is C23H29N5O2. The van der Waals surface area contributed by atoms with Gasteiger partial charge in [0.1, 0.15) is 5.75 Å². The van der Waals surface area contributed by atoms with Gasteiger partial charge < -0.3 is 26.1 Å². The van der Waals surface area contributed by atoms with Crippen LogP contribution in [0.2, 0.25) is 0 Å². The number of nitrogens with zero attached hydrogens (tertiary/aromatic N) is 1. The third-order valence-corrected chi connectivity index (χ3v) is 4.73. The Morgan fingerprint density at radius 2 is 2.03 bits per heavy atom. The Labute approximate surface area is 176 Å². The minimum atomic E-state index is -0.498. The third-order valence-electron chi connectivity index (χ3n) is 4.73. The SMILES string of the molecule is CCNC(=NCc1cccc(OCC(N)=O)c1)NCCc1c[nH]c2cccc(C)c12. The van der Waals surface area contributed by atoms with E-state index in [-0.39, 0.29) is 6.61 Å². The molecule has 0 aliphatic carbocycles. The first kappa shape index (κ1) is 21.2. The van der Waals surface area contributed by atoms with Gasteiger partial charge in [0.2, 0.25) is 0 Å². The van der Waals surface area contributed by atoms with Crippen molar-refractivity contribution in [2.75, 3.05) is 19.7 Å². The number of aromatic nitrogens is 1. The van der Waals surface area contributed by atoms with Crippen molar-refractivity contribution >= 4 is 22.8 Å². The number of carbonyl (C=O) groups excluding carboxylic acids is 1. The van der Waals surface area contributed by atoms with E-state index in [1.807, 2.05) is 25.1 Å². The number of primary amides is 1. The monoisotopic (exact) mass is 407 g/mol. The molecule has 0 bridgehead atoms. The molecule has 1 aromatic heterocycles. The number of fused-ring (bicyclic) bond motifs is 1. The average Bonchev–Trinajstić information content (AvgIpc) is 3.15. The number of amides is 1. The van der Waals surface area contributed by atoms with Crippen molar-refractivity contribution in [2.24, 2.45) is 10.7 Å². The highest BCUT2D eigenvalue weighted by Crippen LogP contribution is 2.22. The van der Waals surface area contributed by atoms with Crippen LogP contribution in [-0.4, -0.2) is 36.5 Å². The molecule has 2 aromatic carbocycles. The quantitative estimate of drug-likeness (QED) is 0.323. The van der Waals surface area contributed by atoms with E-state index in [4.69, 9.17) is 10.5 Å². The summed E-state index contributed by atoms with van der Waals surface area (Å²) in [5.74, 6) is 0.870. The predicted molar refractivity (Wildman–Crippen MR) is 121 cm³/mol. The molecule has 7 heteroatoms. The second-order valence-electron chi connectivity index (χ2n) is 7.09. The Morgan fingerprint density at radius 3 is 2.83 bits per heavy atom. The fourth-order valence-corrected chi connectivity index (χ4v) is 3.36. The number of H-pyrrole nitrogens is 1. The summed E-state index contributed by atoms with van der Waals surface area (Å²) in [7, 11) is 0. The number of nitrogens with one attached hydrogen (secondary N) is 3. The third kappa shape index (κ3) is 5.76. The lowest BCUT2D eigenvalue weighted by atomic mass is 10.1. The first-order valence-corrected chi connectivity index (χ1v) is 10.1. The van der Waals surface area contributed by atoms with Gasteiger partial charge in [-0.2, -0.15) is 0 Å². The van der Waals surface area contributed by atoms with Crippen molar-refractivity contribution in [1.82, 2.24) is 15.6 Å². The molecule has 0 aliphatic heterocycles. The second kappa shape index (κ2) is 10.3. The predicted octanol–water partition coefficient (Wildman–Crippen LogP) is 2.64. The Hall–Kier alpha value is -3.48. The number of hydrogen-bond donors (Lipinski definition) is 4. The molecule has 3 rings (SSSR count). The molecule has 158 valence electrons. The maximum Gasteiger partial charge on any atom is 0.255 e. The first-order chi connectivity index (χ1) is 14.6. The fraction of sp³-hybridized carbons (Fsp3) is 0.304. The molecule has 3 aromatic rings. The van der Waals surface area contributed by atoms with Gasteiger partial charge in [0.15, 0.2) is 12.6 Å². The molecule has 30 heavy (non-hydrogen) atoms. The minimum absolute atomic E-state index is 0.135. The second-order valence-corrected chi connectivity index (χ2v) is 7.09. The highest BCUT2D eigenvalue weighted by atomic mass is 16.5. The number of aromatic amines is 1. The van der Waals surface area contributed by atoms with Crippen LogP contribution in [0.15, 0.2) is 53.7 Å². The zero-order valence-corrected chi connectivity index (χ0v) is 17.5. The van der Waals surface area contributed by atoms with Crippen LogP contribution in [-0.2, 0) is 17.8 Å². The van der Waals surface area contributed by atoms with Gasteiger partial charge in [0.05, 0.1) is 6.54 Å². The highest BCUT2D eigenvalue weighted by molar-refractivity contribution is 5.86. The summed E-state index contributed by atoms with van der Waals surface area (Å²) < 4.78 is 5.36. The van der Waals surface area contributed by atoms with Gasteiger partial charge in [-0.1, -0.05) is 24.3 Å². The van der Waals surface area contributed by atoms with Gasteiger partial charge in [0, 0.05) is 30.2 Å². The summed E-state index contributed by atoms with van der Waals surface area (Å²) in [6.07, 6.45) is 2.98. The Balaban J connectivity index is 1.59. The first-order valence-electron chi connectivity index (χ1n) is 10.1. The molecule has 0 radical (unpaired) electrons. The summed E-state index contributed by atoms with van der Waals surface area (Å²) in [5.41, 5.74) is 9.86. The molecule has 0 fully saturated rings. The summed E-state index contributed by atoms with van der Waals surface area (Å²) >= 11 is 0. The van der Waals surface area contributed by atoms with Crippen LogP contribution in [0.3, 0.4) is 0 Å². The van der Waals surface area contributed by atoms with Gasteiger partial charge in [-0.25, -0.2) is 4.99 Å². The van der Waals surface area contributed by atoms with Gasteiger partial charge in [-0.15, -0.1) is 0 Å². The van der Waals surface area contributed by atoms with Crippen LogP contribution < -0.4 is 21.1 Å². The fourth-order valence-electron chi connectivity index (χ4n) is 3.36. The number of ether oxygens (including phenoxy) is 1. The number of benzene rings is 2. The van der Waals surface area contributed by atoms with E-state index in [1.165, 1.54) is 22.0 Å². The smallest absolute Gasteiger partial charge is 0.255 e. The van der Waals surface area contributed by atoms with Crippen molar-refractivity contribution in [3.8, 4) is 5.75 Å². The summed E-state index contributed by atoms with van der Waals surface area (Å²) in [5, 5.41) is 7.98. The maximum absolute atomic E-state index is 10.9. The van der Waals surface area contributed by atoms with Crippen LogP contribution in [0.1, 0.15) is 23.6 Å². The lowest BCUT2D eigenvalue weighted by molar-refractivity contribution is -0.119. The van der Waals surface area contributed by atoms with E-state index < -0.39 is 5.91 Å². The normalized spacial score (nSPS) is 11.5. The number of hydrogen-bond acceptors (Lipinski definition) is 3. The molecule has 0 atom stereocenters. The molecule has 0 saturated carbocycles. The maximum atomic E-state index is 10.9. The molecular weight excluding hydrogens is 378 g/mol. The van der Waals surface area contributed by atoms with Crippen LogP contribution in [0.25, 0.3) is 10.9 Å². The molecule has 7 nitrogen and oxygen atoms in total. The Morgan fingerprint density at radius 1 is 1.20 bits per heavy atom. The summed E-state index contributed by atoms with van der Waals surface area (Å²) in [4.78, 5) is 18.9. The van der Waals surface area contributed by atoms with Crippen molar-refractivity contribution in [1.29, 1.82) is 0 Å². The highest BCUT2D eigenvalue weighted by Gasteiger charge is 2.06. The lowest BCUT2D eigenvalue weighted by Crippen LogP contribution is -2.38. The van der Waals surface area contributed by atoms with Crippen molar-refractivity contribution < 1.29 is 9.53 Å². The van der Waals surface area contributed by atoms with Crippen LogP contribution in [0.5, 0.6) is 5.75 Å². The summed E-state index contributed by atoms with van der Waals surface area (Å²) in [6.45, 7) is 6.09. The van der Waals surface area contributed by atoms with Crippen LogP contribution >= 0.6 is 0 Å².